The summed E-state index contributed by atoms with van der Waals surface area (Å²) in [5.41, 5.74) is -1.94. The number of carboxylic acid groups (broad SMARTS) is 1. The predicted octanol–water partition coefficient (Wildman–Crippen LogP) is -0.783. The average molecular weight is 259 g/mol. The second-order valence-electron chi connectivity index (χ2n) is 4.74. The highest BCUT2D eigenvalue weighted by Crippen LogP contribution is 2.05. The van der Waals surface area contributed by atoms with Crippen LogP contribution >= 0.6 is 0 Å². The molecule has 18 heavy (non-hydrogen) atoms. The largest absolute Gasteiger partial charge is 0.479 e. The number of hydrogen-bond donors (Lipinski definition) is 4. The molecular weight excluding hydrogens is 238 g/mol. The summed E-state index contributed by atoms with van der Waals surface area (Å²) < 4.78 is 0. The normalized spacial score (nSPS) is 19.2. The van der Waals surface area contributed by atoms with Crippen molar-refractivity contribution in [3.05, 3.63) is 0 Å². The third kappa shape index (κ3) is 4.89. The summed E-state index contributed by atoms with van der Waals surface area (Å²) in [6.45, 7) is 4.26. The molecule has 104 valence electrons. The number of hydrogen-bond acceptors (Lipinski definition) is 4. The number of nitrogens with one attached hydrogen (secondary N) is 2. The molecule has 7 nitrogen and oxygen atoms in total. The lowest BCUT2D eigenvalue weighted by Gasteiger charge is -2.19. The van der Waals surface area contributed by atoms with E-state index in [9.17, 15) is 14.7 Å². The number of carbonyl (C=O) groups is 2. The van der Waals surface area contributed by atoms with Gasteiger partial charge in [-0.1, -0.05) is 0 Å². The maximum absolute atomic E-state index is 11.3. The van der Waals surface area contributed by atoms with Gasteiger partial charge in [0.1, 0.15) is 0 Å². The van der Waals surface area contributed by atoms with Crippen LogP contribution in [0.1, 0.15) is 19.8 Å². The van der Waals surface area contributed by atoms with Crippen LogP contribution in [0.25, 0.3) is 0 Å². The Balaban J connectivity index is 2.11. The number of rotatable bonds is 6. The second kappa shape index (κ2) is 6.55. The van der Waals surface area contributed by atoms with Crippen molar-refractivity contribution in [2.45, 2.75) is 25.4 Å². The highest BCUT2D eigenvalue weighted by atomic mass is 16.4. The van der Waals surface area contributed by atoms with E-state index in [0.717, 1.165) is 26.6 Å². The van der Waals surface area contributed by atoms with Crippen LogP contribution in [0.15, 0.2) is 0 Å². The zero-order chi connectivity index (χ0) is 13.6. The second-order valence-corrected chi connectivity index (χ2v) is 4.74. The lowest BCUT2D eigenvalue weighted by Crippen LogP contribution is -2.49. The van der Waals surface area contributed by atoms with Gasteiger partial charge in [0.2, 0.25) is 0 Å². The van der Waals surface area contributed by atoms with Crippen LogP contribution in [0.3, 0.4) is 0 Å². The lowest BCUT2D eigenvalue weighted by molar-refractivity contribution is -0.155. The van der Waals surface area contributed by atoms with Crippen LogP contribution in [-0.4, -0.2) is 65.4 Å². The fourth-order valence-electron chi connectivity index (χ4n) is 1.72. The first-order valence-electron chi connectivity index (χ1n) is 6.11. The zero-order valence-electron chi connectivity index (χ0n) is 10.6. The first-order valence-corrected chi connectivity index (χ1v) is 6.11. The molecule has 1 rings (SSSR count). The van der Waals surface area contributed by atoms with Gasteiger partial charge in [0.15, 0.2) is 5.60 Å². The van der Waals surface area contributed by atoms with Crippen LogP contribution in [0.4, 0.5) is 4.79 Å². The predicted molar refractivity (Wildman–Crippen MR) is 65.3 cm³/mol. The van der Waals surface area contributed by atoms with Crippen LogP contribution in [0, 0.1) is 0 Å². The molecule has 0 radical (unpaired) electrons. The molecule has 0 aliphatic carbocycles. The van der Waals surface area contributed by atoms with Gasteiger partial charge in [-0.25, -0.2) is 9.59 Å². The van der Waals surface area contributed by atoms with E-state index in [2.05, 4.69) is 15.5 Å². The number of aliphatic carboxylic acids is 1. The summed E-state index contributed by atoms with van der Waals surface area (Å²) in [7, 11) is 0. The molecule has 0 bridgehead atoms. The van der Waals surface area contributed by atoms with Crippen molar-refractivity contribution in [1.29, 1.82) is 0 Å². The molecule has 2 amide bonds. The minimum Gasteiger partial charge on any atom is -0.479 e. The van der Waals surface area contributed by atoms with Gasteiger partial charge in [-0.05, 0) is 32.9 Å². The summed E-state index contributed by atoms with van der Waals surface area (Å²) in [6.07, 6.45) is 2.40. The van der Waals surface area contributed by atoms with Gasteiger partial charge in [0.05, 0.1) is 6.54 Å². The van der Waals surface area contributed by atoms with Crippen molar-refractivity contribution >= 4 is 12.0 Å². The van der Waals surface area contributed by atoms with Crippen LogP contribution in [0.2, 0.25) is 0 Å². The molecular formula is C11H21N3O4. The average Bonchev–Trinajstić information content (AvgIpc) is 2.79. The van der Waals surface area contributed by atoms with Crippen molar-refractivity contribution < 1.29 is 19.8 Å². The fraction of sp³-hybridized carbons (Fsp3) is 0.818. The molecule has 0 aromatic carbocycles. The maximum atomic E-state index is 11.3. The fourth-order valence-corrected chi connectivity index (χ4v) is 1.72. The van der Waals surface area contributed by atoms with E-state index in [1.54, 1.807) is 0 Å². The van der Waals surface area contributed by atoms with Crippen LogP contribution < -0.4 is 10.6 Å². The molecule has 0 saturated carbocycles. The van der Waals surface area contributed by atoms with Gasteiger partial charge in [-0.15, -0.1) is 0 Å². The van der Waals surface area contributed by atoms with Crippen LogP contribution in [0.5, 0.6) is 0 Å². The Morgan fingerprint density at radius 3 is 2.44 bits per heavy atom. The van der Waals surface area contributed by atoms with E-state index in [-0.39, 0.29) is 6.54 Å². The van der Waals surface area contributed by atoms with Crippen molar-refractivity contribution in [2.75, 3.05) is 32.7 Å². The van der Waals surface area contributed by atoms with Crippen molar-refractivity contribution in [3.8, 4) is 0 Å². The highest BCUT2D eigenvalue weighted by Gasteiger charge is 2.30. The van der Waals surface area contributed by atoms with Gasteiger partial charge < -0.3 is 25.7 Å². The Labute approximate surface area is 106 Å². The van der Waals surface area contributed by atoms with Gasteiger partial charge in [-0.3, -0.25) is 0 Å². The number of urea groups is 1. The van der Waals surface area contributed by atoms with E-state index < -0.39 is 17.6 Å². The Bertz CT molecular complexity index is 301. The summed E-state index contributed by atoms with van der Waals surface area (Å²) in [4.78, 5) is 24.2. The molecule has 1 saturated heterocycles. The number of aliphatic hydroxyl groups is 1. The van der Waals surface area contributed by atoms with E-state index in [4.69, 9.17) is 5.11 Å². The van der Waals surface area contributed by atoms with Gasteiger partial charge in [-0.2, -0.15) is 0 Å². The van der Waals surface area contributed by atoms with Gasteiger partial charge >= 0.3 is 12.0 Å². The summed E-state index contributed by atoms with van der Waals surface area (Å²) >= 11 is 0. The standard InChI is InChI=1S/C11H21N3O4/c1-11(18,9(15)16)8-13-10(17)12-4-7-14-5-2-3-6-14/h18H,2-8H2,1H3,(H,15,16)(H2,12,13,17). The number of carboxylic acids is 1. The van der Waals surface area contributed by atoms with Crippen LogP contribution in [-0.2, 0) is 4.79 Å². The minimum absolute atomic E-state index is 0.322. The Hall–Kier alpha value is -1.34. The molecule has 7 heteroatoms. The molecule has 0 aromatic rings. The number of amides is 2. The molecule has 1 heterocycles. The smallest absolute Gasteiger partial charge is 0.337 e. The van der Waals surface area contributed by atoms with E-state index in [0.29, 0.717) is 6.54 Å². The summed E-state index contributed by atoms with van der Waals surface area (Å²) in [5.74, 6) is -1.36. The number of nitrogens with zero attached hydrogens (tertiary/aromatic N) is 1. The zero-order valence-corrected chi connectivity index (χ0v) is 10.6. The molecule has 1 atom stereocenters. The quantitative estimate of drug-likeness (QED) is 0.501. The lowest BCUT2D eigenvalue weighted by atomic mass is 10.1. The van der Waals surface area contributed by atoms with Gasteiger partial charge in [0.25, 0.3) is 0 Å². The van der Waals surface area contributed by atoms with Crippen molar-refractivity contribution in [3.63, 3.8) is 0 Å². The van der Waals surface area contributed by atoms with Crippen molar-refractivity contribution in [1.82, 2.24) is 15.5 Å². The minimum atomic E-state index is -1.94. The molecule has 0 spiro atoms. The first kappa shape index (κ1) is 14.7. The Kier molecular flexibility index (Phi) is 5.36. The number of likely N-dealkylation sites (tertiary alicyclic amines) is 1. The molecule has 1 fully saturated rings. The molecule has 1 unspecified atom stereocenters. The first-order chi connectivity index (χ1) is 8.42. The summed E-state index contributed by atoms with van der Waals surface area (Å²) in [5, 5.41) is 23.0. The topological polar surface area (TPSA) is 102 Å². The highest BCUT2D eigenvalue weighted by molar-refractivity contribution is 5.79. The third-order valence-corrected chi connectivity index (χ3v) is 2.97. The molecule has 1 aliphatic rings. The SMILES string of the molecule is CC(O)(CNC(=O)NCCN1CCCC1)C(=O)O. The Morgan fingerprint density at radius 2 is 1.89 bits per heavy atom. The summed E-state index contributed by atoms with van der Waals surface area (Å²) in [6, 6.07) is -0.462. The monoisotopic (exact) mass is 259 g/mol. The molecule has 1 aliphatic heterocycles. The molecule has 4 N–H and O–H groups in total. The third-order valence-electron chi connectivity index (χ3n) is 2.97. The number of carbonyl (C=O) groups excluding carboxylic acids is 1. The van der Waals surface area contributed by atoms with E-state index >= 15 is 0 Å². The Morgan fingerprint density at radius 1 is 1.28 bits per heavy atom. The van der Waals surface area contributed by atoms with E-state index in [1.807, 2.05) is 0 Å². The maximum Gasteiger partial charge on any atom is 0.337 e. The molecule has 0 aromatic heterocycles. The van der Waals surface area contributed by atoms with E-state index in [1.165, 1.54) is 12.8 Å². The van der Waals surface area contributed by atoms with Gasteiger partial charge in [0, 0.05) is 13.1 Å². The van der Waals surface area contributed by atoms with Crippen molar-refractivity contribution in [2.24, 2.45) is 0 Å².